The molecule has 27 heavy (non-hydrogen) atoms. The maximum Gasteiger partial charge on any atom is 0.288 e. The third kappa shape index (κ3) is 4.89. The molecule has 0 spiro atoms. The van der Waals surface area contributed by atoms with E-state index in [9.17, 15) is 13.6 Å². The van der Waals surface area contributed by atoms with Crippen LogP contribution in [0.4, 0.5) is 14.5 Å². The molecule has 0 radical (unpaired) electrons. The third-order valence-corrected chi connectivity index (χ3v) is 5.43. The molecule has 3 aromatic rings. The highest BCUT2D eigenvalue weighted by Crippen LogP contribution is 2.28. The SMILES string of the molecule is C[C@@H](Sc1nnc(-c2ccco2)n1C)C(=O)Nc1ccc(SC(F)F)cc1. The summed E-state index contributed by atoms with van der Waals surface area (Å²) >= 11 is 1.72. The molecule has 1 aromatic carbocycles. The highest BCUT2D eigenvalue weighted by molar-refractivity contribution is 8.00. The Kier molecular flexibility index (Phi) is 6.17. The lowest BCUT2D eigenvalue weighted by atomic mass is 10.3. The normalized spacial score (nSPS) is 12.3. The number of hydrogen-bond acceptors (Lipinski definition) is 6. The van der Waals surface area contributed by atoms with Crippen molar-refractivity contribution < 1.29 is 18.0 Å². The molecule has 3 rings (SSSR count). The van der Waals surface area contributed by atoms with Gasteiger partial charge in [-0.15, -0.1) is 10.2 Å². The van der Waals surface area contributed by atoms with E-state index >= 15 is 0 Å². The molecule has 1 amide bonds. The van der Waals surface area contributed by atoms with Gasteiger partial charge in [-0.1, -0.05) is 23.5 Å². The molecule has 2 aromatic heterocycles. The van der Waals surface area contributed by atoms with Crippen molar-refractivity contribution in [1.82, 2.24) is 14.8 Å². The summed E-state index contributed by atoms with van der Waals surface area (Å²) in [6, 6.07) is 9.82. The number of hydrogen-bond donors (Lipinski definition) is 1. The highest BCUT2D eigenvalue weighted by Gasteiger charge is 2.20. The lowest BCUT2D eigenvalue weighted by molar-refractivity contribution is -0.115. The number of alkyl halides is 2. The number of halogens is 2. The predicted molar refractivity (Wildman–Crippen MR) is 101 cm³/mol. The van der Waals surface area contributed by atoms with Gasteiger partial charge in [0.1, 0.15) is 0 Å². The van der Waals surface area contributed by atoms with Crippen LogP contribution in [0.2, 0.25) is 0 Å². The van der Waals surface area contributed by atoms with E-state index in [1.54, 1.807) is 61.2 Å². The second-order valence-electron chi connectivity index (χ2n) is 5.49. The first-order valence-corrected chi connectivity index (χ1v) is 9.65. The minimum atomic E-state index is -2.47. The van der Waals surface area contributed by atoms with E-state index in [-0.39, 0.29) is 5.91 Å². The van der Waals surface area contributed by atoms with Gasteiger partial charge in [0.15, 0.2) is 16.7 Å². The van der Waals surface area contributed by atoms with Gasteiger partial charge in [0.05, 0.1) is 11.5 Å². The Morgan fingerprint density at radius 1 is 1.19 bits per heavy atom. The molecule has 10 heteroatoms. The van der Waals surface area contributed by atoms with Crippen LogP contribution in [0.1, 0.15) is 6.92 Å². The van der Waals surface area contributed by atoms with Crippen LogP contribution in [0.15, 0.2) is 57.1 Å². The van der Waals surface area contributed by atoms with Gasteiger partial charge >= 0.3 is 0 Å². The van der Waals surface area contributed by atoms with Gasteiger partial charge in [-0.25, -0.2) is 0 Å². The first-order valence-electron chi connectivity index (χ1n) is 7.89. The molecule has 0 aliphatic heterocycles. The molecule has 0 saturated carbocycles. The van der Waals surface area contributed by atoms with E-state index in [1.807, 2.05) is 0 Å². The van der Waals surface area contributed by atoms with Gasteiger partial charge in [0.2, 0.25) is 5.91 Å². The van der Waals surface area contributed by atoms with E-state index < -0.39 is 11.0 Å². The Balaban J connectivity index is 1.61. The fourth-order valence-corrected chi connectivity index (χ4v) is 3.53. The summed E-state index contributed by atoms with van der Waals surface area (Å²) in [5, 5.41) is 11.1. The third-order valence-electron chi connectivity index (χ3n) is 3.57. The van der Waals surface area contributed by atoms with Crippen molar-refractivity contribution in [3.8, 4) is 11.6 Å². The zero-order chi connectivity index (χ0) is 19.4. The predicted octanol–water partition coefficient (Wildman–Crippen LogP) is 4.51. The van der Waals surface area contributed by atoms with Gasteiger partial charge in [-0.2, -0.15) is 8.78 Å². The quantitative estimate of drug-likeness (QED) is 0.578. The summed E-state index contributed by atoms with van der Waals surface area (Å²) in [7, 11) is 1.80. The van der Waals surface area contributed by atoms with E-state index in [0.29, 0.717) is 39.1 Å². The van der Waals surface area contributed by atoms with Crippen molar-refractivity contribution in [3.05, 3.63) is 42.7 Å². The lowest BCUT2D eigenvalue weighted by Gasteiger charge is -2.12. The monoisotopic (exact) mass is 410 g/mol. The van der Waals surface area contributed by atoms with Crippen LogP contribution < -0.4 is 5.32 Å². The highest BCUT2D eigenvalue weighted by atomic mass is 32.2. The molecule has 2 heterocycles. The van der Waals surface area contributed by atoms with Crippen LogP contribution in [0.5, 0.6) is 0 Å². The molecule has 0 aliphatic carbocycles. The summed E-state index contributed by atoms with van der Waals surface area (Å²) < 4.78 is 31.8. The standard InChI is InChI=1S/C17H16F2N4O2S2/c1-10(15(24)20-11-5-7-12(8-6-11)27-16(18)19)26-17-22-21-14(23(17)2)13-4-3-9-25-13/h3-10,16H,1-2H3,(H,20,24)/t10-/m1/s1. The molecule has 142 valence electrons. The Bertz CT molecular complexity index is 898. The second kappa shape index (κ2) is 8.57. The van der Waals surface area contributed by atoms with Crippen LogP contribution in [0, 0.1) is 0 Å². The van der Waals surface area contributed by atoms with E-state index in [4.69, 9.17) is 4.42 Å². The number of aromatic nitrogens is 3. The largest absolute Gasteiger partial charge is 0.461 e. The van der Waals surface area contributed by atoms with Crippen LogP contribution in [0.3, 0.4) is 0 Å². The number of nitrogens with one attached hydrogen (secondary N) is 1. The topological polar surface area (TPSA) is 73.0 Å². The van der Waals surface area contributed by atoms with E-state index in [2.05, 4.69) is 15.5 Å². The zero-order valence-corrected chi connectivity index (χ0v) is 16.1. The molecule has 0 aliphatic rings. The number of carbonyl (C=O) groups is 1. The first-order chi connectivity index (χ1) is 12.9. The van der Waals surface area contributed by atoms with Crippen molar-refractivity contribution in [3.63, 3.8) is 0 Å². The van der Waals surface area contributed by atoms with Crippen LogP contribution in [-0.2, 0) is 11.8 Å². The number of benzene rings is 1. The second-order valence-corrected chi connectivity index (χ2v) is 7.87. The molecule has 0 saturated heterocycles. The smallest absolute Gasteiger partial charge is 0.288 e. The molecule has 0 bridgehead atoms. The minimum Gasteiger partial charge on any atom is -0.461 e. The lowest BCUT2D eigenvalue weighted by Crippen LogP contribution is -2.22. The van der Waals surface area contributed by atoms with Crippen LogP contribution in [-0.4, -0.2) is 31.7 Å². The average Bonchev–Trinajstić information content (AvgIpc) is 3.27. The maximum absolute atomic E-state index is 12.4. The van der Waals surface area contributed by atoms with Crippen molar-refractivity contribution in [2.45, 2.75) is 28.0 Å². The number of rotatable bonds is 7. The Hall–Kier alpha value is -2.33. The fraction of sp³-hybridized carbons (Fsp3) is 0.235. The summed E-state index contributed by atoms with van der Waals surface area (Å²) in [5.41, 5.74) is 0.542. The van der Waals surface area contributed by atoms with Gasteiger partial charge in [-0.05, 0) is 43.3 Å². The molecular formula is C17H16F2N4O2S2. The fourth-order valence-electron chi connectivity index (χ4n) is 2.21. The van der Waals surface area contributed by atoms with Gasteiger partial charge in [0.25, 0.3) is 5.76 Å². The molecule has 0 fully saturated rings. The van der Waals surface area contributed by atoms with E-state index in [1.165, 1.54) is 11.8 Å². The Morgan fingerprint density at radius 3 is 2.56 bits per heavy atom. The summed E-state index contributed by atoms with van der Waals surface area (Å²) in [6.45, 7) is 1.75. The molecule has 6 nitrogen and oxygen atoms in total. The number of nitrogens with zero attached hydrogens (tertiary/aromatic N) is 3. The molecular weight excluding hydrogens is 394 g/mol. The summed E-state index contributed by atoms with van der Waals surface area (Å²) in [4.78, 5) is 12.8. The number of amides is 1. The molecule has 0 unspecified atom stereocenters. The van der Waals surface area contributed by atoms with Crippen molar-refractivity contribution in [2.75, 3.05) is 5.32 Å². The van der Waals surface area contributed by atoms with E-state index in [0.717, 1.165) is 0 Å². The van der Waals surface area contributed by atoms with Gasteiger partial charge < -0.3 is 14.3 Å². The van der Waals surface area contributed by atoms with Gasteiger partial charge in [-0.3, -0.25) is 4.79 Å². The molecule has 1 N–H and O–H groups in total. The Morgan fingerprint density at radius 2 is 1.93 bits per heavy atom. The number of furan rings is 1. The summed E-state index contributed by atoms with van der Waals surface area (Å²) in [5.74, 6) is -1.53. The zero-order valence-electron chi connectivity index (χ0n) is 14.4. The van der Waals surface area contributed by atoms with Gasteiger partial charge in [0, 0.05) is 17.6 Å². The average molecular weight is 410 g/mol. The van der Waals surface area contributed by atoms with Crippen LogP contribution >= 0.6 is 23.5 Å². The number of thioether (sulfide) groups is 2. The van der Waals surface area contributed by atoms with Crippen molar-refractivity contribution in [1.29, 1.82) is 0 Å². The first kappa shape index (κ1) is 19.4. The van der Waals surface area contributed by atoms with Crippen LogP contribution in [0.25, 0.3) is 11.6 Å². The Labute approximate surface area is 162 Å². The minimum absolute atomic E-state index is 0.225. The maximum atomic E-state index is 12.4. The number of anilines is 1. The van der Waals surface area contributed by atoms with Crippen molar-refractivity contribution in [2.24, 2.45) is 7.05 Å². The molecule has 1 atom stereocenters. The number of carbonyl (C=O) groups excluding carboxylic acids is 1. The summed E-state index contributed by atoms with van der Waals surface area (Å²) in [6.07, 6.45) is 1.55. The van der Waals surface area contributed by atoms with Crippen molar-refractivity contribution >= 4 is 35.1 Å².